The normalized spacial score (nSPS) is 17.0. The van der Waals surface area contributed by atoms with Gasteiger partial charge in [0.05, 0.1) is 5.66 Å². The molecule has 0 aliphatic carbocycles. The van der Waals surface area contributed by atoms with Crippen molar-refractivity contribution in [1.82, 2.24) is 5.23 Å². The predicted molar refractivity (Wildman–Crippen MR) is 28.1 cm³/mol. The molecule has 2 N–H and O–H groups in total. The zero-order valence-electron chi connectivity index (χ0n) is 3.44. The van der Waals surface area contributed by atoms with Crippen LogP contribution < -0.4 is 5.23 Å². The van der Waals surface area contributed by atoms with E-state index in [0.29, 0.717) is 5.66 Å². The second-order valence-electron chi connectivity index (χ2n) is 1.34. The van der Waals surface area contributed by atoms with E-state index < -0.39 is 0 Å². The molecule has 4 heteroatoms. The minimum absolute atomic E-state index is 0.468. The number of aliphatic hydroxyl groups excluding tert-OH is 1. The fourth-order valence-corrected chi connectivity index (χ4v) is 0.462. The lowest BCUT2D eigenvalue weighted by molar-refractivity contribution is 0.450. The van der Waals surface area contributed by atoms with Gasteiger partial charge >= 0.3 is 0 Å². The lowest BCUT2D eigenvalue weighted by atomic mass is 9.48. The Morgan fingerprint density at radius 1 is 1.83 bits per heavy atom. The van der Waals surface area contributed by atoms with Crippen LogP contribution in [0.1, 0.15) is 0 Å². The van der Waals surface area contributed by atoms with E-state index in [4.69, 9.17) is 5.11 Å². The van der Waals surface area contributed by atoms with Crippen LogP contribution in [0.25, 0.3) is 0 Å². The molecule has 0 aromatic rings. The topological polar surface area (TPSA) is 32.3 Å². The molecule has 0 aromatic carbocycles. The monoisotopic (exact) mass is 81.1 g/mol. The fourth-order valence-electron chi connectivity index (χ4n) is 0.462. The van der Waals surface area contributed by atoms with E-state index in [9.17, 15) is 0 Å². The molecule has 1 aliphatic heterocycles. The van der Waals surface area contributed by atoms with E-state index >= 15 is 0 Å². The van der Waals surface area contributed by atoms with E-state index in [2.05, 4.69) is 5.23 Å². The van der Waals surface area contributed by atoms with Gasteiger partial charge in [-0.25, -0.2) is 0 Å². The van der Waals surface area contributed by atoms with Crippen molar-refractivity contribution in [3.05, 3.63) is 11.9 Å². The lowest BCUT2D eigenvalue weighted by Crippen LogP contribution is -2.10. The minimum Gasteiger partial charge on any atom is -0.522 e. The van der Waals surface area contributed by atoms with Crippen LogP contribution in [0.2, 0.25) is 0 Å². The summed E-state index contributed by atoms with van der Waals surface area (Å²) in [4.78, 5) is 0. The van der Waals surface area contributed by atoms with Gasteiger partial charge in [-0.15, -0.1) is 0 Å². The van der Waals surface area contributed by atoms with Crippen LogP contribution >= 0.6 is 0 Å². The molecule has 0 saturated heterocycles. The molecule has 0 atom stereocenters. The first kappa shape index (κ1) is 3.65. The average Bonchev–Trinajstić information content (AvgIpc) is 1.86. The molecule has 1 rings (SSSR count). The van der Waals surface area contributed by atoms with Crippen molar-refractivity contribution in [2.45, 2.75) is 0 Å². The first-order chi connectivity index (χ1) is 2.89. The fraction of sp³-hybridized carbons (Fsp3) is 0. The van der Waals surface area contributed by atoms with Gasteiger partial charge in [0.15, 0.2) is 7.17 Å². The van der Waals surface area contributed by atoms with Gasteiger partial charge in [0, 0.05) is 6.20 Å². The zero-order chi connectivity index (χ0) is 4.41. The van der Waals surface area contributed by atoms with Crippen molar-refractivity contribution < 1.29 is 5.11 Å². The highest BCUT2D eigenvalue weighted by atomic mass is 16.3. The van der Waals surface area contributed by atoms with E-state index in [-0.39, 0.29) is 0 Å². The second kappa shape index (κ2) is 1.29. The van der Waals surface area contributed by atoms with Crippen molar-refractivity contribution >= 4 is 14.5 Å². The molecular formula is C2H5B2NO. The maximum Gasteiger partial charge on any atom is 0.202 e. The standard InChI is InChI=1S/C2H5B2NO/c6-2-1-5-4-3-2/h1,3-6H. The Hall–Kier alpha value is -0.530. The van der Waals surface area contributed by atoms with Gasteiger partial charge in [0.2, 0.25) is 7.31 Å². The molecule has 30 valence electrons. The Labute approximate surface area is 37.7 Å². The number of nitrogens with one attached hydrogen (secondary N) is 1. The molecular weight excluding hydrogens is 75.7 g/mol. The lowest BCUT2D eigenvalue weighted by Gasteiger charge is -1.76. The van der Waals surface area contributed by atoms with Crippen molar-refractivity contribution in [2.75, 3.05) is 0 Å². The summed E-state index contributed by atoms with van der Waals surface area (Å²) in [5.41, 5.74) is 0.468. The Morgan fingerprint density at radius 3 is 2.83 bits per heavy atom. The summed E-state index contributed by atoms with van der Waals surface area (Å²) < 4.78 is 0. The van der Waals surface area contributed by atoms with Crippen LogP contribution in [0, 0.1) is 0 Å². The Morgan fingerprint density at radius 2 is 2.67 bits per heavy atom. The summed E-state index contributed by atoms with van der Waals surface area (Å²) >= 11 is 0. The summed E-state index contributed by atoms with van der Waals surface area (Å²) in [7, 11) is 1.69. The number of hydrogen-bond donors (Lipinski definition) is 2. The smallest absolute Gasteiger partial charge is 0.202 e. The highest BCUT2D eigenvalue weighted by Gasteiger charge is 2.02. The van der Waals surface area contributed by atoms with Gasteiger partial charge in [-0.1, -0.05) is 0 Å². The largest absolute Gasteiger partial charge is 0.522 e. The van der Waals surface area contributed by atoms with Crippen LogP contribution in [-0.2, 0) is 0 Å². The summed E-state index contributed by atoms with van der Waals surface area (Å²) in [5, 5.41) is 11.4. The van der Waals surface area contributed by atoms with Gasteiger partial charge in [0.25, 0.3) is 0 Å². The van der Waals surface area contributed by atoms with Crippen LogP contribution in [0.5, 0.6) is 0 Å². The molecule has 0 unspecified atom stereocenters. The SMILES string of the molecule is OC1=CNBB1. The predicted octanol–water partition coefficient (Wildman–Crippen LogP) is -1.35. The maximum atomic E-state index is 8.53. The Balaban J connectivity index is 2.45. The Bertz CT molecular complexity index is 81.6. The number of hydrogen-bond acceptors (Lipinski definition) is 2. The van der Waals surface area contributed by atoms with Gasteiger partial charge in [0.1, 0.15) is 0 Å². The molecule has 0 amide bonds. The molecule has 0 bridgehead atoms. The molecule has 1 aliphatic rings. The third-order valence-corrected chi connectivity index (χ3v) is 0.794. The molecule has 0 saturated carbocycles. The Kier molecular flexibility index (Phi) is 0.783. The highest BCUT2D eigenvalue weighted by molar-refractivity contribution is 7.04. The van der Waals surface area contributed by atoms with Gasteiger partial charge in [-0.3, -0.25) is 0 Å². The van der Waals surface area contributed by atoms with E-state index in [1.807, 2.05) is 0 Å². The number of rotatable bonds is 0. The first-order valence-electron chi connectivity index (χ1n) is 2.01. The molecule has 0 aromatic heterocycles. The first-order valence-corrected chi connectivity index (χ1v) is 2.01. The summed E-state index contributed by atoms with van der Waals surface area (Å²) in [6, 6.07) is 0. The van der Waals surface area contributed by atoms with Crippen LogP contribution in [0.4, 0.5) is 0 Å². The molecule has 2 nitrogen and oxygen atoms in total. The van der Waals surface area contributed by atoms with Gasteiger partial charge < -0.3 is 10.3 Å². The molecule has 0 fully saturated rings. The molecule has 1 heterocycles. The van der Waals surface area contributed by atoms with Crippen molar-refractivity contribution in [2.24, 2.45) is 0 Å². The van der Waals surface area contributed by atoms with Crippen molar-refractivity contribution in [3.63, 3.8) is 0 Å². The zero-order valence-corrected chi connectivity index (χ0v) is 3.44. The summed E-state index contributed by atoms with van der Waals surface area (Å²) in [5.74, 6) is 0. The van der Waals surface area contributed by atoms with Gasteiger partial charge in [-0.2, -0.15) is 0 Å². The second-order valence-corrected chi connectivity index (χ2v) is 1.34. The molecule has 6 heavy (non-hydrogen) atoms. The summed E-state index contributed by atoms with van der Waals surface area (Å²) in [6.07, 6.45) is 1.62. The minimum atomic E-state index is 0.468. The van der Waals surface area contributed by atoms with Crippen molar-refractivity contribution in [1.29, 1.82) is 0 Å². The third kappa shape index (κ3) is 0.506. The third-order valence-electron chi connectivity index (χ3n) is 0.794. The molecule has 0 spiro atoms. The quantitative estimate of drug-likeness (QED) is 0.353. The van der Waals surface area contributed by atoms with Crippen molar-refractivity contribution in [3.8, 4) is 0 Å². The van der Waals surface area contributed by atoms with E-state index in [0.717, 1.165) is 14.5 Å². The van der Waals surface area contributed by atoms with Crippen LogP contribution in [-0.4, -0.2) is 19.6 Å². The van der Waals surface area contributed by atoms with Crippen LogP contribution in [0.3, 0.4) is 0 Å². The maximum absolute atomic E-state index is 8.53. The van der Waals surface area contributed by atoms with Gasteiger partial charge in [-0.05, 0) is 0 Å². The summed E-state index contributed by atoms with van der Waals surface area (Å²) in [6.45, 7) is 0. The average molecular weight is 80.7 g/mol. The highest BCUT2D eigenvalue weighted by Crippen LogP contribution is 1.83. The van der Waals surface area contributed by atoms with Crippen LogP contribution in [0.15, 0.2) is 11.9 Å². The number of aliphatic hydroxyl groups is 1. The molecule has 0 radical (unpaired) electrons. The van der Waals surface area contributed by atoms with E-state index in [1.165, 1.54) is 0 Å². The van der Waals surface area contributed by atoms with E-state index in [1.54, 1.807) is 6.20 Å².